The van der Waals surface area contributed by atoms with Gasteiger partial charge in [0.15, 0.2) is 14.4 Å². The molecule has 0 unspecified atom stereocenters. The van der Waals surface area contributed by atoms with E-state index < -0.39 is 44.8 Å². The van der Waals surface area contributed by atoms with Gasteiger partial charge in [-0.3, -0.25) is 14.4 Å². The number of aliphatic hydroxyl groups excluding tert-OH is 1. The maximum Gasteiger partial charge on any atom is 0.330 e. The first kappa shape index (κ1) is 34.0. The van der Waals surface area contributed by atoms with Crippen molar-refractivity contribution in [1.29, 1.82) is 0 Å². The van der Waals surface area contributed by atoms with Crippen molar-refractivity contribution in [2.24, 2.45) is 0 Å². The molecule has 0 saturated carbocycles. The number of amides is 3. The number of nitrogens with one attached hydrogen (secondary N) is 3. The highest BCUT2D eigenvalue weighted by Gasteiger charge is 2.39. The van der Waals surface area contributed by atoms with E-state index in [9.17, 15) is 24.3 Å². The second-order valence-corrected chi connectivity index (χ2v) is 16.4. The molecule has 0 aliphatic carbocycles. The van der Waals surface area contributed by atoms with Crippen LogP contribution in [0.4, 0.5) is 0 Å². The fraction of sp³-hybridized carbons (Fsp3) is 0.519. The summed E-state index contributed by atoms with van der Waals surface area (Å²) in [5, 5.41) is 19.3. The molecule has 1 heterocycles. The minimum Gasteiger partial charge on any atom is -0.467 e. The van der Waals surface area contributed by atoms with Gasteiger partial charge in [-0.25, -0.2) is 9.78 Å². The lowest BCUT2D eigenvalue weighted by Crippen LogP contribution is -2.56. The lowest BCUT2D eigenvalue weighted by atomic mass is 10.1. The Balaban J connectivity index is 2.18. The second-order valence-electron chi connectivity index (χ2n) is 10.7. The highest BCUT2D eigenvalue weighted by atomic mass is 32.1. The summed E-state index contributed by atoms with van der Waals surface area (Å²) < 4.78 is 15.7. The topological polar surface area (TPSA) is 165 Å². The molecular weight excluding hydrogens is 568 g/mol. The number of carbonyl (C=O) groups is 4. The van der Waals surface area contributed by atoms with Gasteiger partial charge in [-0.05, 0) is 30.3 Å². The molecule has 2 aromatic rings. The number of aliphatic hydroxyl groups is 1. The lowest BCUT2D eigenvalue weighted by Gasteiger charge is -2.37. The second kappa shape index (κ2) is 15.2. The van der Waals surface area contributed by atoms with Crippen LogP contribution in [0, 0.1) is 0 Å². The van der Waals surface area contributed by atoms with Gasteiger partial charge in [0.05, 0.1) is 26.9 Å². The van der Waals surface area contributed by atoms with Crippen LogP contribution in [0.1, 0.15) is 41.6 Å². The van der Waals surface area contributed by atoms with Crippen LogP contribution in [0.2, 0.25) is 18.1 Å². The van der Waals surface area contributed by atoms with Gasteiger partial charge in [-0.1, -0.05) is 32.9 Å². The van der Waals surface area contributed by atoms with E-state index in [2.05, 4.69) is 25.7 Å². The first-order valence-corrected chi connectivity index (χ1v) is 16.8. The van der Waals surface area contributed by atoms with Crippen LogP contribution in [0.15, 0.2) is 29.6 Å². The Bertz CT molecular complexity index is 1200. The molecule has 12 nitrogen and oxygen atoms in total. The monoisotopic (exact) mass is 608 g/mol. The Morgan fingerprint density at radius 3 is 2.24 bits per heavy atom. The molecule has 0 bridgehead atoms. The Labute approximate surface area is 245 Å². The summed E-state index contributed by atoms with van der Waals surface area (Å²) in [5.41, 5.74) is 1.27. The third kappa shape index (κ3) is 9.71. The zero-order valence-corrected chi connectivity index (χ0v) is 26.3. The third-order valence-electron chi connectivity index (χ3n) is 6.75. The minimum absolute atomic E-state index is 0.0863. The molecule has 0 spiro atoms. The van der Waals surface area contributed by atoms with E-state index in [0.29, 0.717) is 29.3 Å². The fourth-order valence-corrected chi connectivity index (χ4v) is 4.98. The Morgan fingerprint density at radius 1 is 1.02 bits per heavy atom. The predicted octanol–water partition coefficient (Wildman–Crippen LogP) is 1.96. The first-order valence-electron chi connectivity index (χ1n) is 13.0. The fourth-order valence-electron chi connectivity index (χ4n) is 3.16. The normalized spacial score (nSPS) is 13.2. The van der Waals surface area contributed by atoms with Gasteiger partial charge >= 0.3 is 5.97 Å². The average molecular weight is 609 g/mol. The summed E-state index contributed by atoms with van der Waals surface area (Å²) in [6.07, 6.45) is 0. The summed E-state index contributed by atoms with van der Waals surface area (Å²) in [7, 11) is 0.392. The van der Waals surface area contributed by atoms with Gasteiger partial charge in [-0.2, -0.15) is 0 Å². The van der Waals surface area contributed by atoms with Gasteiger partial charge in [0.1, 0.15) is 16.7 Å². The van der Waals surface area contributed by atoms with Gasteiger partial charge in [-0.15, -0.1) is 11.3 Å². The van der Waals surface area contributed by atoms with E-state index in [1.54, 1.807) is 36.8 Å². The van der Waals surface area contributed by atoms with Crippen molar-refractivity contribution in [2.75, 3.05) is 40.6 Å². The Kier molecular flexibility index (Phi) is 12.6. The molecule has 1 aromatic heterocycles. The molecular formula is C27H40N4O8SSi. The van der Waals surface area contributed by atoms with Gasteiger partial charge in [0, 0.05) is 30.2 Å². The molecule has 0 fully saturated rings. The van der Waals surface area contributed by atoms with Gasteiger partial charge < -0.3 is 35.0 Å². The SMILES string of the molecule is COCCNC(=O)c1ccc(-c2nc(C(=O)N[C@@H](CO[Si](C)(C)C(C)(C)C)C(=O)N[C@@H](CO)C(=O)OC)cs2)cc1. The van der Waals surface area contributed by atoms with E-state index in [0.717, 1.165) is 7.11 Å². The number of rotatable bonds is 14. The standard InChI is InChI=1S/C27H40N4O8SSi/c1-27(2,3)41(6,7)39-15-20(23(34)29-19(14-32)26(36)38-5)30-24(35)21-16-40-25(31-21)18-10-8-17(9-11-18)22(33)28-12-13-37-4/h8-11,16,19-20,32H,12-15H2,1-7H3,(H,28,33)(H,29,34)(H,30,35)/t19-,20-/m0/s1. The number of ether oxygens (including phenoxy) is 2. The van der Waals surface area contributed by atoms with Gasteiger partial charge in [0.25, 0.3) is 11.8 Å². The number of methoxy groups -OCH3 is 2. The van der Waals surface area contributed by atoms with Gasteiger partial charge in [0.2, 0.25) is 5.91 Å². The number of aromatic nitrogens is 1. The molecule has 2 atom stereocenters. The molecule has 0 radical (unpaired) electrons. The molecule has 4 N–H and O–H groups in total. The van der Waals surface area contributed by atoms with Crippen LogP contribution in [0.25, 0.3) is 10.6 Å². The molecule has 0 aliphatic rings. The van der Waals surface area contributed by atoms with Crippen molar-refractivity contribution in [1.82, 2.24) is 20.9 Å². The van der Waals surface area contributed by atoms with Crippen LogP contribution in [-0.2, 0) is 23.5 Å². The van der Waals surface area contributed by atoms with Crippen molar-refractivity contribution in [3.63, 3.8) is 0 Å². The van der Waals surface area contributed by atoms with Crippen molar-refractivity contribution in [3.8, 4) is 10.6 Å². The molecule has 3 amide bonds. The summed E-state index contributed by atoms with van der Waals surface area (Å²) in [6.45, 7) is 10.1. The van der Waals surface area contributed by atoms with E-state index in [1.807, 2.05) is 33.9 Å². The number of benzene rings is 1. The van der Waals surface area contributed by atoms with Crippen molar-refractivity contribution in [3.05, 3.63) is 40.9 Å². The lowest BCUT2D eigenvalue weighted by molar-refractivity contribution is -0.146. The highest BCUT2D eigenvalue weighted by molar-refractivity contribution is 7.13. The van der Waals surface area contributed by atoms with Crippen LogP contribution < -0.4 is 16.0 Å². The van der Waals surface area contributed by atoms with E-state index in [1.165, 1.54) is 11.3 Å². The Hall–Kier alpha value is -3.17. The number of thiazole rings is 1. The summed E-state index contributed by atoms with van der Waals surface area (Å²) >= 11 is 1.23. The van der Waals surface area contributed by atoms with E-state index in [4.69, 9.17) is 9.16 Å². The maximum absolute atomic E-state index is 13.1. The predicted molar refractivity (Wildman–Crippen MR) is 157 cm³/mol. The largest absolute Gasteiger partial charge is 0.467 e. The zero-order chi connectivity index (χ0) is 30.8. The van der Waals surface area contributed by atoms with Crippen LogP contribution in [0.5, 0.6) is 0 Å². The van der Waals surface area contributed by atoms with Crippen molar-refractivity contribution < 1.29 is 38.2 Å². The average Bonchev–Trinajstić information content (AvgIpc) is 3.43. The zero-order valence-electron chi connectivity index (χ0n) is 24.5. The van der Waals surface area contributed by atoms with E-state index >= 15 is 0 Å². The quantitative estimate of drug-likeness (QED) is 0.143. The van der Waals surface area contributed by atoms with Crippen LogP contribution in [-0.4, -0.2) is 94.8 Å². The number of hydrogen-bond donors (Lipinski definition) is 4. The first-order chi connectivity index (χ1) is 19.2. The highest BCUT2D eigenvalue weighted by Crippen LogP contribution is 2.36. The number of hydrogen-bond acceptors (Lipinski definition) is 10. The third-order valence-corrected chi connectivity index (χ3v) is 12.1. The molecule has 226 valence electrons. The number of nitrogens with zero attached hydrogens (tertiary/aromatic N) is 1. The summed E-state index contributed by atoms with van der Waals surface area (Å²) in [4.78, 5) is 54.8. The molecule has 0 saturated heterocycles. The Morgan fingerprint density at radius 2 is 1.68 bits per heavy atom. The van der Waals surface area contributed by atoms with Crippen LogP contribution >= 0.6 is 11.3 Å². The van der Waals surface area contributed by atoms with Crippen LogP contribution in [0.3, 0.4) is 0 Å². The molecule has 1 aromatic carbocycles. The summed E-state index contributed by atoms with van der Waals surface area (Å²) in [6, 6.07) is 4.33. The number of esters is 1. The maximum atomic E-state index is 13.1. The summed E-state index contributed by atoms with van der Waals surface area (Å²) in [5.74, 6) is -2.37. The minimum atomic E-state index is -2.30. The smallest absolute Gasteiger partial charge is 0.330 e. The van der Waals surface area contributed by atoms with E-state index in [-0.39, 0.29) is 23.2 Å². The van der Waals surface area contributed by atoms with Crippen molar-refractivity contribution >= 4 is 43.3 Å². The van der Waals surface area contributed by atoms with Crippen molar-refractivity contribution in [2.45, 2.75) is 51.0 Å². The molecule has 41 heavy (non-hydrogen) atoms. The molecule has 0 aliphatic heterocycles. The number of carbonyl (C=O) groups excluding carboxylic acids is 4. The molecule has 14 heteroatoms. The molecule has 2 rings (SSSR count).